The Morgan fingerprint density at radius 1 is 1.62 bits per heavy atom. The number of hydrogen-bond donors (Lipinski definition) is 1. The number of nitrogen functional groups attached to an aromatic ring is 1. The van der Waals surface area contributed by atoms with E-state index in [1.807, 2.05) is 13.8 Å². The molecule has 0 aromatic carbocycles. The molecule has 0 amide bonds. The Morgan fingerprint density at radius 2 is 2.31 bits per heavy atom. The van der Waals surface area contributed by atoms with Crippen LogP contribution in [0.25, 0.3) is 0 Å². The summed E-state index contributed by atoms with van der Waals surface area (Å²) >= 11 is 5.82. The van der Waals surface area contributed by atoms with Crippen molar-refractivity contribution in [1.82, 2.24) is 9.97 Å². The summed E-state index contributed by atoms with van der Waals surface area (Å²) in [6.07, 6.45) is 2.30. The largest absolute Gasteiger partial charge is 0.473 e. The number of hydrogen-bond acceptors (Lipinski definition) is 4. The summed E-state index contributed by atoms with van der Waals surface area (Å²) in [5.41, 5.74) is 5.47. The normalized spacial score (nSPS) is 12.5. The van der Waals surface area contributed by atoms with Gasteiger partial charge < -0.3 is 10.5 Å². The minimum absolute atomic E-state index is 0.0757. The summed E-state index contributed by atoms with van der Waals surface area (Å²) in [4.78, 5) is 7.61. The van der Waals surface area contributed by atoms with E-state index in [4.69, 9.17) is 22.1 Å². The smallest absolute Gasteiger partial charge is 0.238 e. The van der Waals surface area contributed by atoms with E-state index in [9.17, 15) is 0 Å². The number of nitrogens with zero attached hydrogens (tertiary/aromatic N) is 2. The van der Waals surface area contributed by atoms with Gasteiger partial charge in [-0.2, -0.15) is 0 Å². The third kappa shape index (κ3) is 2.45. The van der Waals surface area contributed by atoms with Gasteiger partial charge in [-0.1, -0.05) is 18.5 Å². The van der Waals surface area contributed by atoms with E-state index in [0.717, 1.165) is 6.42 Å². The highest BCUT2D eigenvalue weighted by atomic mass is 35.5. The SMILES string of the molecule is CCC(C)Oc1ncnc(N)c1Cl. The summed E-state index contributed by atoms with van der Waals surface area (Å²) in [7, 11) is 0. The number of anilines is 1. The van der Waals surface area contributed by atoms with Crippen LogP contribution in [0.2, 0.25) is 5.02 Å². The fourth-order valence-electron chi connectivity index (χ4n) is 0.722. The second-order valence-electron chi connectivity index (χ2n) is 2.71. The lowest BCUT2D eigenvalue weighted by Crippen LogP contribution is -2.11. The number of halogens is 1. The highest BCUT2D eigenvalue weighted by molar-refractivity contribution is 6.33. The van der Waals surface area contributed by atoms with Crippen LogP contribution in [0.4, 0.5) is 5.82 Å². The van der Waals surface area contributed by atoms with E-state index in [1.54, 1.807) is 0 Å². The Labute approximate surface area is 82.1 Å². The highest BCUT2D eigenvalue weighted by Gasteiger charge is 2.09. The van der Waals surface area contributed by atoms with Crippen LogP contribution in [0.3, 0.4) is 0 Å². The van der Waals surface area contributed by atoms with Gasteiger partial charge in [-0.3, -0.25) is 0 Å². The zero-order valence-corrected chi connectivity index (χ0v) is 8.38. The molecule has 72 valence electrons. The van der Waals surface area contributed by atoms with Gasteiger partial charge in [0.2, 0.25) is 5.88 Å². The predicted octanol–water partition coefficient (Wildman–Crippen LogP) is 1.89. The van der Waals surface area contributed by atoms with Gasteiger partial charge in [0, 0.05) is 0 Å². The molecule has 0 saturated carbocycles. The summed E-state index contributed by atoms with van der Waals surface area (Å²) in [5, 5.41) is 0.280. The van der Waals surface area contributed by atoms with Gasteiger partial charge in [0.05, 0.1) is 6.10 Å². The Kier molecular flexibility index (Phi) is 3.31. The summed E-state index contributed by atoms with van der Waals surface area (Å²) in [6.45, 7) is 3.96. The van der Waals surface area contributed by atoms with Crippen LogP contribution in [-0.2, 0) is 0 Å². The van der Waals surface area contributed by atoms with Crippen LogP contribution < -0.4 is 10.5 Å². The van der Waals surface area contributed by atoms with Gasteiger partial charge in [-0.15, -0.1) is 0 Å². The monoisotopic (exact) mass is 201 g/mol. The van der Waals surface area contributed by atoms with E-state index in [-0.39, 0.29) is 16.9 Å². The first-order chi connectivity index (χ1) is 6.15. The average molecular weight is 202 g/mol. The van der Waals surface area contributed by atoms with Gasteiger partial charge in [0.1, 0.15) is 17.2 Å². The number of ether oxygens (including phenoxy) is 1. The molecule has 0 saturated heterocycles. The second kappa shape index (κ2) is 4.28. The minimum atomic E-state index is 0.0757. The highest BCUT2D eigenvalue weighted by Crippen LogP contribution is 2.26. The molecule has 2 N–H and O–H groups in total. The quantitative estimate of drug-likeness (QED) is 0.812. The third-order valence-corrected chi connectivity index (χ3v) is 2.03. The molecule has 1 unspecified atom stereocenters. The van der Waals surface area contributed by atoms with Crippen molar-refractivity contribution in [3.05, 3.63) is 11.3 Å². The van der Waals surface area contributed by atoms with Crippen molar-refractivity contribution in [2.75, 3.05) is 5.73 Å². The zero-order chi connectivity index (χ0) is 9.84. The van der Waals surface area contributed by atoms with Gasteiger partial charge in [0.15, 0.2) is 0 Å². The van der Waals surface area contributed by atoms with E-state index in [2.05, 4.69) is 9.97 Å². The summed E-state index contributed by atoms with van der Waals surface area (Å²) in [6, 6.07) is 0. The topological polar surface area (TPSA) is 61.0 Å². The summed E-state index contributed by atoms with van der Waals surface area (Å²) < 4.78 is 5.41. The fraction of sp³-hybridized carbons (Fsp3) is 0.500. The van der Waals surface area contributed by atoms with Crippen LogP contribution in [0.15, 0.2) is 6.33 Å². The molecule has 1 aromatic heterocycles. The Morgan fingerprint density at radius 3 is 2.92 bits per heavy atom. The molecule has 1 rings (SSSR count). The molecular formula is C8H12ClN3O. The van der Waals surface area contributed by atoms with Crippen LogP contribution in [0, 0.1) is 0 Å². The van der Waals surface area contributed by atoms with Crippen molar-refractivity contribution in [1.29, 1.82) is 0 Å². The molecule has 0 fully saturated rings. The van der Waals surface area contributed by atoms with Crippen LogP contribution in [0.5, 0.6) is 5.88 Å². The maximum atomic E-state index is 5.82. The van der Waals surface area contributed by atoms with Gasteiger partial charge in [-0.25, -0.2) is 9.97 Å². The Hall–Kier alpha value is -1.03. The van der Waals surface area contributed by atoms with Crippen molar-refractivity contribution >= 4 is 17.4 Å². The molecule has 0 radical (unpaired) electrons. The van der Waals surface area contributed by atoms with E-state index in [0.29, 0.717) is 5.88 Å². The molecule has 1 aromatic rings. The molecule has 0 aliphatic heterocycles. The van der Waals surface area contributed by atoms with E-state index >= 15 is 0 Å². The van der Waals surface area contributed by atoms with Crippen molar-refractivity contribution in [2.45, 2.75) is 26.4 Å². The zero-order valence-electron chi connectivity index (χ0n) is 7.62. The number of nitrogens with two attached hydrogens (primary N) is 1. The second-order valence-corrected chi connectivity index (χ2v) is 3.09. The molecule has 1 atom stereocenters. The lowest BCUT2D eigenvalue weighted by Gasteiger charge is -2.12. The molecule has 0 spiro atoms. The van der Waals surface area contributed by atoms with E-state index < -0.39 is 0 Å². The molecule has 0 aliphatic rings. The van der Waals surface area contributed by atoms with Crippen molar-refractivity contribution < 1.29 is 4.74 Å². The maximum Gasteiger partial charge on any atom is 0.238 e. The van der Waals surface area contributed by atoms with Crippen LogP contribution in [0.1, 0.15) is 20.3 Å². The van der Waals surface area contributed by atoms with Crippen molar-refractivity contribution in [3.8, 4) is 5.88 Å². The first-order valence-corrected chi connectivity index (χ1v) is 4.45. The van der Waals surface area contributed by atoms with Gasteiger partial charge in [-0.05, 0) is 13.3 Å². The van der Waals surface area contributed by atoms with Crippen LogP contribution >= 0.6 is 11.6 Å². The standard InChI is InChI=1S/C8H12ClN3O/c1-3-5(2)13-8-6(9)7(10)11-4-12-8/h4-5H,3H2,1-2H3,(H2,10,11,12). The summed E-state index contributed by atoms with van der Waals surface area (Å²) in [5.74, 6) is 0.596. The van der Waals surface area contributed by atoms with Crippen molar-refractivity contribution in [2.24, 2.45) is 0 Å². The van der Waals surface area contributed by atoms with Crippen molar-refractivity contribution in [3.63, 3.8) is 0 Å². The molecule has 5 heteroatoms. The van der Waals surface area contributed by atoms with Crippen LogP contribution in [-0.4, -0.2) is 16.1 Å². The Balaban J connectivity index is 2.83. The first-order valence-electron chi connectivity index (χ1n) is 4.07. The molecule has 0 aliphatic carbocycles. The number of rotatable bonds is 3. The minimum Gasteiger partial charge on any atom is -0.473 e. The number of aromatic nitrogens is 2. The fourth-order valence-corrected chi connectivity index (χ4v) is 0.865. The first kappa shape index (κ1) is 10.1. The third-order valence-electron chi connectivity index (χ3n) is 1.67. The van der Waals surface area contributed by atoms with E-state index in [1.165, 1.54) is 6.33 Å². The van der Waals surface area contributed by atoms with Gasteiger partial charge >= 0.3 is 0 Å². The van der Waals surface area contributed by atoms with Gasteiger partial charge in [0.25, 0.3) is 0 Å². The average Bonchev–Trinajstić information content (AvgIpc) is 2.13. The predicted molar refractivity (Wildman–Crippen MR) is 51.8 cm³/mol. The molecule has 4 nitrogen and oxygen atoms in total. The Bertz CT molecular complexity index is 293. The maximum absolute atomic E-state index is 5.82. The lowest BCUT2D eigenvalue weighted by atomic mass is 10.3. The molecular weight excluding hydrogens is 190 g/mol. The molecule has 1 heterocycles. The molecule has 0 bridgehead atoms. The molecule has 13 heavy (non-hydrogen) atoms. The lowest BCUT2D eigenvalue weighted by molar-refractivity contribution is 0.208.